The van der Waals surface area contributed by atoms with Gasteiger partial charge >= 0.3 is 17.9 Å². The molecule has 21 heteroatoms. The van der Waals surface area contributed by atoms with Gasteiger partial charge in [0, 0.05) is 40.7 Å². The normalized spacial score (nSPS) is 22.3. The Labute approximate surface area is 401 Å². The summed E-state index contributed by atoms with van der Waals surface area (Å²) in [5.41, 5.74) is 0.293. The predicted molar refractivity (Wildman–Crippen MR) is 249 cm³/mol. The molecule has 8 N–H and O–H groups in total. The van der Waals surface area contributed by atoms with E-state index in [1.165, 1.54) is 13.0 Å². The lowest BCUT2D eigenvalue weighted by atomic mass is 9.85. The van der Waals surface area contributed by atoms with E-state index in [0.717, 1.165) is 28.6 Å². The maximum absolute atomic E-state index is 14.6. The second-order valence-corrected chi connectivity index (χ2v) is 18.2. The van der Waals surface area contributed by atoms with Crippen LogP contribution in [0.15, 0.2) is 53.3 Å². The first-order valence-electron chi connectivity index (χ1n) is 23.2. The quantitative estimate of drug-likeness (QED) is 0.0616. The molecule has 3 aliphatic rings. The number of aliphatic hydroxyl groups excluding tert-OH is 3. The number of carboxylic acid groups (broad SMARTS) is 1. The number of anilines is 1. The summed E-state index contributed by atoms with van der Waals surface area (Å²) in [6.07, 6.45) is -9.94. The van der Waals surface area contributed by atoms with Crippen LogP contribution in [0.4, 0.5) is 5.69 Å². The average molecular weight is 971 g/mol. The molecule has 2 aromatic carbocycles. The first-order valence-corrected chi connectivity index (χ1v) is 23.2. The number of carbonyl (C=O) groups excluding carboxylic acids is 5. The molecule has 8 atom stereocenters. The molecule has 374 valence electrons. The summed E-state index contributed by atoms with van der Waals surface area (Å²) < 4.78 is 24.5. The van der Waals surface area contributed by atoms with Crippen LogP contribution in [0.5, 0.6) is 5.75 Å². The minimum Gasteiger partial charge on any atom is -0.479 e. The van der Waals surface area contributed by atoms with E-state index in [9.17, 15) is 54.0 Å². The van der Waals surface area contributed by atoms with Crippen molar-refractivity contribution < 1.29 is 68.1 Å². The molecule has 0 spiro atoms. The Morgan fingerprint density at radius 2 is 1.64 bits per heavy atom. The molecule has 7 rings (SSSR count). The van der Waals surface area contributed by atoms with Crippen LogP contribution in [-0.4, -0.2) is 121 Å². The number of rotatable bonds is 17. The lowest BCUT2D eigenvalue weighted by Crippen LogP contribution is -2.61. The summed E-state index contributed by atoms with van der Waals surface area (Å²) >= 11 is 0. The maximum atomic E-state index is 14.6. The number of nitrogens with zero attached hydrogens (tertiary/aromatic N) is 2. The van der Waals surface area contributed by atoms with Gasteiger partial charge in [-0.05, 0) is 62.1 Å². The smallest absolute Gasteiger partial charge is 0.355 e. The Hall–Kier alpha value is -6.78. The Morgan fingerprint density at radius 1 is 0.914 bits per heavy atom. The van der Waals surface area contributed by atoms with Gasteiger partial charge in [-0.15, -0.1) is 0 Å². The molecule has 0 aliphatic carbocycles. The minimum atomic E-state index is -2.24. The number of carboxylic acids is 1. The van der Waals surface area contributed by atoms with Crippen LogP contribution in [0.2, 0.25) is 0 Å². The van der Waals surface area contributed by atoms with Crippen LogP contribution < -0.4 is 31.6 Å². The first kappa shape index (κ1) is 51.1. The van der Waals surface area contributed by atoms with Crippen LogP contribution in [0.25, 0.3) is 22.3 Å². The number of nitrogens with one attached hydrogen (secondary N) is 4. The van der Waals surface area contributed by atoms with E-state index in [0.29, 0.717) is 29.9 Å². The van der Waals surface area contributed by atoms with Crippen molar-refractivity contribution in [2.75, 3.05) is 11.9 Å². The zero-order valence-electron chi connectivity index (χ0n) is 39.7. The molecule has 1 fully saturated rings. The number of aliphatic carboxylic acids is 1. The van der Waals surface area contributed by atoms with Crippen LogP contribution in [0.1, 0.15) is 93.9 Å². The number of para-hydroxylation sites is 1. The number of esters is 2. The Morgan fingerprint density at radius 3 is 2.31 bits per heavy atom. The zero-order chi connectivity index (χ0) is 50.9. The average Bonchev–Trinajstić information content (AvgIpc) is 3.69. The molecule has 2 aromatic heterocycles. The van der Waals surface area contributed by atoms with Gasteiger partial charge in [-0.2, -0.15) is 0 Å². The van der Waals surface area contributed by atoms with E-state index in [2.05, 4.69) is 21.3 Å². The molecular formula is C49H58N6O15. The van der Waals surface area contributed by atoms with E-state index < -0.39 is 102 Å². The van der Waals surface area contributed by atoms with Gasteiger partial charge in [0.15, 0.2) is 6.10 Å². The van der Waals surface area contributed by atoms with Gasteiger partial charge in [0.05, 0.1) is 29.0 Å². The number of fused-ring (bicyclic) bond motifs is 5. The summed E-state index contributed by atoms with van der Waals surface area (Å²) in [6, 6.07) is 10.8. The van der Waals surface area contributed by atoms with Crippen molar-refractivity contribution >= 4 is 52.2 Å². The first-order chi connectivity index (χ1) is 33.2. The fraction of sp³-hybridized carbons (Fsp3) is 0.469. The third-order valence-corrected chi connectivity index (χ3v) is 12.7. The molecule has 3 amide bonds. The number of amides is 3. The summed E-state index contributed by atoms with van der Waals surface area (Å²) in [6.45, 7) is 12.5. The largest absolute Gasteiger partial charge is 0.479 e. The van der Waals surface area contributed by atoms with Crippen molar-refractivity contribution in [1.82, 2.24) is 25.5 Å². The number of hydrogen-bond acceptors (Lipinski definition) is 16. The van der Waals surface area contributed by atoms with Crippen LogP contribution in [0.3, 0.4) is 0 Å². The van der Waals surface area contributed by atoms with Gasteiger partial charge in [-0.3, -0.25) is 19.2 Å². The molecule has 0 radical (unpaired) electrons. The van der Waals surface area contributed by atoms with E-state index >= 15 is 0 Å². The van der Waals surface area contributed by atoms with E-state index in [-0.39, 0.29) is 54.1 Å². The molecule has 5 heterocycles. The Balaban J connectivity index is 1.25. The van der Waals surface area contributed by atoms with Crippen molar-refractivity contribution in [1.29, 1.82) is 0 Å². The number of benzene rings is 2. The van der Waals surface area contributed by atoms with Gasteiger partial charge in [0.1, 0.15) is 48.3 Å². The fourth-order valence-corrected chi connectivity index (χ4v) is 8.83. The highest BCUT2D eigenvalue weighted by molar-refractivity contribution is 6.00. The molecular weight excluding hydrogens is 913 g/mol. The molecule has 1 saturated heterocycles. The van der Waals surface area contributed by atoms with E-state index in [4.69, 9.17) is 23.9 Å². The number of cyclic esters (lactones) is 1. The van der Waals surface area contributed by atoms with Crippen molar-refractivity contribution in [3.63, 3.8) is 0 Å². The third-order valence-electron chi connectivity index (χ3n) is 12.7. The molecule has 70 heavy (non-hydrogen) atoms. The predicted octanol–water partition coefficient (Wildman–Crippen LogP) is 1.75. The van der Waals surface area contributed by atoms with E-state index in [1.807, 2.05) is 38.1 Å². The van der Waals surface area contributed by atoms with Gasteiger partial charge in [-0.1, -0.05) is 59.7 Å². The lowest BCUT2D eigenvalue weighted by molar-refractivity contribution is -0.271. The highest BCUT2D eigenvalue weighted by Crippen LogP contribution is 2.43. The van der Waals surface area contributed by atoms with Crippen molar-refractivity contribution in [3.05, 3.63) is 86.7 Å². The number of carbonyl (C=O) groups is 6. The monoisotopic (exact) mass is 970 g/mol. The summed E-state index contributed by atoms with van der Waals surface area (Å²) in [5, 5.41) is 53.7. The summed E-state index contributed by atoms with van der Waals surface area (Å²) in [4.78, 5) is 99.0. The minimum absolute atomic E-state index is 0.0606. The molecule has 3 aliphatic heterocycles. The molecule has 0 unspecified atom stereocenters. The highest BCUT2D eigenvalue weighted by atomic mass is 16.7. The molecule has 0 saturated carbocycles. The zero-order valence-corrected chi connectivity index (χ0v) is 39.7. The molecule has 4 aromatic rings. The highest BCUT2D eigenvalue weighted by Gasteiger charge is 2.52. The van der Waals surface area contributed by atoms with E-state index in [1.54, 1.807) is 38.3 Å². The molecule has 0 bridgehead atoms. The number of hydrogen-bond donors (Lipinski definition) is 8. The number of aliphatic hydroxyl groups is 3. The van der Waals surface area contributed by atoms with Gasteiger partial charge in [0.25, 0.3) is 5.56 Å². The van der Waals surface area contributed by atoms with Gasteiger partial charge in [0.2, 0.25) is 29.6 Å². The van der Waals surface area contributed by atoms with Crippen LogP contribution in [0, 0.1) is 5.92 Å². The van der Waals surface area contributed by atoms with Crippen molar-refractivity contribution in [2.24, 2.45) is 5.92 Å². The third kappa shape index (κ3) is 9.84. The summed E-state index contributed by atoms with van der Waals surface area (Å²) in [5.74, 6) is -6.60. The lowest BCUT2D eigenvalue weighted by Gasteiger charge is -2.38. The van der Waals surface area contributed by atoms with Crippen molar-refractivity contribution in [3.8, 4) is 17.1 Å². The van der Waals surface area contributed by atoms with Crippen LogP contribution in [-0.2, 0) is 63.4 Å². The topological polar surface area (TPSA) is 303 Å². The Kier molecular flexibility index (Phi) is 15.1. The van der Waals surface area contributed by atoms with Gasteiger partial charge in [-0.25, -0.2) is 19.4 Å². The summed E-state index contributed by atoms with van der Waals surface area (Å²) in [7, 11) is 0. The number of ether oxygens (including phenoxy) is 4. The SMILES string of the molecule is CCC(=O)N[C@H](C(=O)N[C@@H](C)C(=O)Nc1ccc(C(=O)O[C@]2(CC)C(=O)OCc3c2cc2n(c3=O)Cc3c-2nc2ccccc2c3CCNC(C)C)c(O[C@@H]2O[C@H](C(=O)O)[C@@H](O)[C@H](O)[C@H]2O)c1)C(C)C. The van der Waals surface area contributed by atoms with Gasteiger partial charge < -0.3 is 65.2 Å². The fourth-order valence-electron chi connectivity index (χ4n) is 8.83. The van der Waals surface area contributed by atoms with Crippen LogP contribution >= 0.6 is 0 Å². The molecule has 21 nitrogen and oxygen atoms in total. The number of aromatic nitrogens is 2. The second kappa shape index (κ2) is 20.7. The van der Waals surface area contributed by atoms with Crippen molar-refractivity contribution in [2.45, 2.75) is 135 Å². The second-order valence-electron chi connectivity index (χ2n) is 18.2. The number of pyridine rings is 2. The Bertz CT molecular complexity index is 2790. The standard InChI is InChI=1S/C49H58N6O15/c1-8-35(56)54-36(22(3)4)43(61)51-24(7)42(60)52-25-14-15-28(34(18-25)68-47-40(59)38(57)39(58)41(69-47)45(63)64)46(65)70-49(9-2)31-19-33-37-29(20-55(33)44(62)30(31)21-67-48(49)66)26(16-17-50-23(5)6)27-12-10-11-13-32(27)53-37/h10-15,18-19,22-24,36,38-41,47,50,57-59H,8-9,16-17,20-21H2,1-7H3,(H,51,61)(H,52,60)(H,54,56)(H,63,64)/t24-,36-,38-,39-,40+,41-,47+,49-/m0/s1. The maximum Gasteiger partial charge on any atom is 0.355 e.